The summed E-state index contributed by atoms with van der Waals surface area (Å²) < 4.78 is 0. The zero-order valence-corrected chi connectivity index (χ0v) is 8.67. The average Bonchev–Trinajstić information content (AvgIpc) is 2.08. The Hall–Kier alpha value is -1.26. The summed E-state index contributed by atoms with van der Waals surface area (Å²) in [5, 5.41) is 13.6. The Labute approximate surface area is 83.9 Å². The second-order valence-electron chi connectivity index (χ2n) is 3.53. The third kappa shape index (κ3) is 8.83. The minimum absolute atomic E-state index is 0.0878. The molecule has 0 rings (SSSR count). The third-order valence-electron chi connectivity index (χ3n) is 1.52. The molecular weight excluding hydrogens is 184 g/mol. The maximum absolute atomic E-state index is 11.0. The van der Waals surface area contributed by atoms with Crippen molar-refractivity contribution >= 4 is 12.0 Å². The number of carbonyl (C=O) groups excluding carboxylic acids is 1. The molecule has 0 aliphatic rings. The van der Waals surface area contributed by atoms with E-state index in [1.54, 1.807) is 0 Å². The van der Waals surface area contributed by atoms with E-state index < -0.39 is 5.97 Å². The van der Waals surface area contributed by atoms with Crippen LogP contribution < -0.4 is 10.6 Å². The first-order valence-electron chi connectivity index (χ1n) is 4.76. The van der Waals surface area contributed by atoms with Gasteiger partial charge in [0.05, 0.1) is 0 Å². The van der Waals surface area contributed by atoms with E-state index in [1.807, 2.05) is 13.8 Å². The van der Waals surface area contributed by atoms with Gasteiger partial charge in [0.15, 0.2) is 0 Å². The number of nitrogens with one attached hydrogen (secondary N) is 2. The molecule has 0 aliphatic carbocycles. The van der Waals surface area contributed by atoms with Crippen LogP contribution in [0.2, 0.25) is 0 Å². The predicted octanol–water partition coefficient (Wildman–Crippen LogP) is 0.806. The molecular formula is C9H18N2O3. The van der Waals surface area contributed by atoms with Gasteiger partial charge in [-0.1, -0.05) is 13.8 Å². The zero-order chi connectivity index (χ0) is 11.0. The molecule has 0 fully saturated rings. The molecule has 5 nitrogen and oxygen atoms in total. The van der Waals surface area contributed by atoms with Crippen LogP contribution in [0.5, 0.6) is 0 Å². The number of carbonyl (C=O) groups is 2. The summed E-state index contributed by atoms with van der Waals surface area (Å²) in [6.45, 7) is 5.04. The highest BCUT2D eigenvalue weighted by molar-refractivity contribution is 5.73. The summed E-state index contributed by atoms with van der Waals surface area (Å²) in [6.07, 6.45) is 0.550. The van der Waals surface area contributed by atoms with Crippen molar-refractivity contribution in [3.05, 3.63) is 0 Å². The summed E-state index contributed by atoms with van der Waals surface area (Å²) in [5.74, 6) is -0.422. The molecule has 0 aromatic rings. The minimum atomic E-state index is -0.839. The van der Waals surface area contributed by atoms with Gasteiger partial charge in [0.25, 0.3) is 0 Å². The molecule has 0 unspecified atom stereocenters. The van der Waals surface area contributed by atoms with E-state index in [0.717, 1.165) is 0 Å². The van der Waals surface area contributed by atoms with Crippen molar-refractivity contribution in [3.8, 4) is 0 Å². The van der Waals surface area contributed by atoms with Gasteiger partial charge in [-0.05, 0) is 12.3 Å². The standard InChI is InChI=1S/C9H18N2O3/c1-7(2)6-11-9(14)10-5-3-4-8(12)13/h7H,3-6H2,1-2H3,(H,12,13)(H2,10,11,14). The average molecular weight is 202 g/mol. The summed E-state index contributed by atoms with van der Waals surface area (Å²) in [7, 11) is 0. The zero-order valence-electron chi connectivity index (χ0n) is 8.67. The van der Waals surface area contributed by atoms with E-state index in [0.29, 0.717) is 25.4 Å². The molecule has 0 aromatic carbocycles. The SMILES string of the molecule is CC(C)CNC(=O)NCCCC(=O)O. The first-order valence-corrected chi connectivity index (χ1v) is 4.76. The van der Waals surface area contributed by atoms with E-state index >= 15 is 0 Å². The topological polar surface area (TPSA) is 78.4 Å². The molecule has 0 radical (unpaired) electrons. The number of carboxylic acid groups (broad SMARTS) is 1. The van der Waals surface area contributed by atoms with Crippen molar-refractivity contribution in [3.63, 3.8) is 0 Å². The lowest BCUT2D eigenvalue weighted by Gasteiger charge is -2.08. The minimum Gasteiger partial charge on any atom is -0.481 e. The molecule has 2 amide bonds. The fourth-order valence-electron chi connectivity index (χ4n) is 0.801. The molecule has 3 N–H and O–H groups in total. The van der Waals surface area contributed by atoms with Gasteiger partial charge in [0.2, 0.25) is 0 Å². The molecule has 0 heterocycles. The van der Waals surface area contributed by atoms with Crippen LogP contribution in [0.1, 0.15) is 26.7 Å². The quantitative estimate of drug-likeness (QED) is 0.557. The second kappa shape index (κ2) is 7.17. The van der Waals surface area contributed by atoms with E-state index in [1.165, 1.54) is 0 Å². The van der Waals surface area contributed by atoms with Crippen molar-refractivity contribution in [2.75, 3.05) is 13.1 Å². The normalized spacial score (nSPS) is 9.93. The monoisotopic (exact) mass is 202 g/mol. The first-order chi connectivity index (χ1) is 6.52. The molecule has 5 heteroatoms. The Kier molecular flexibility index (Phi) is 6.53. The fraction of sp³-hybridized carbons (Fsp3) is 0.778. The van der Waals surface area contributed by atoms with Gasteiger partial charge < -0.3 is 15.7 Å². The highest BCUT2D eigenvalue weighted by Crippen LogP contribution is 1.88. The smallest absolute Gasteiger partial charge is 0.314 e. The Morgan fingerprint density at radius 3 is 2.43 bits per heavy atom. The van der Waals surface area contributed by atoms with E-state index in [2.05, 4.69) is 10.6 Å². The Balaban J connectivity index is 3.31. The number of hydrogen-bond acceptors (Lipinski definition) is 2. The van der Waals surface area contributed by atoms with Gasteiger partial charge in [-0.2, -0.15) is 0 Å². The number of amides is 2. The number of aliphatic carboxylic acids is 1. The summed E-state index contributed by atoms with van der Waals surface area (Å²) in [5.41, 5.74) is 0. The van der Waals surface area contributed by atoms with Crippen molar-refractivity contribution in [1.82, 2.24) is 10.6 Å². The molecule has 14 heavy (non-hydrogen) atoms. The van der Waals surface area contributed by atoms with Gasteiger partial charge in [-0.25, -0.2) is 4.79 Å². The molecule has 0 bridgehead atoms. The Morgan fingerprint density at radius 2 is 1.93 bits per heavy atom. The van der Waals surface area contributed by atoms with Gasteiger partial charge in [0.1, 0.15) is 0 Å². The predicted molar refractivity (Wildman–Crippen MR) is 53.1 cm³/mol. The second-order valence-corrected chi connectivity index (χ2v) is 3.53. The molecule has 0 saturated heterocycles. The van der Waals surface area contributed by atoms with Crippen LogP contribution in [0.4, 0.5) is 4.79 Å². The molecule has 0 aliphatic heterocycles. The Morgan fingerprint density at radius 1 is 1.29 bits per heavy atom. The van der Waals surface area contributed by atoms with E-state index in [4.69, 9.17) is 5.11 Å². The van der Waals surface area contributed by atoms with Crippen LogP contribution in [0.25, 0.3) is 0 Å². The molecule has 0 aromatic heterocycles. The largest absolute Gasteiger partial charge is 0.481 e. The number of hydrogen-bond donors (Lipinski definition) is 3. The lowest BCUT2D eigenvalue weighted by Crippen LogP contribution is -2.37. The van der Waals surface area contributed by atoms with Crippen LogP contribution >= 0.6 is 0 Å². The maximum Gasteiger partial charge on any atom is 0.314 e. The van der Waals surface area contributed by atoms with Crippen LogP contribution in [-0.2, 0) is 4.79 Å². The number of carboxylic acids is 1. The van der Waals surface area contributed by atoms with Crippen LogP contribution in [0.15, 0.2) is 0 Å². The van der Waals surface area contributed by atoms with Gasteiger partial charge in [0, 0.05) is 19.5 Å². The Bertz CT molecular complexity index is 192. The summed E-state index contributed by atoms with van der Waals surface area (Å²) >= 11 is 0. The van der Waals surface area contributed by atoms with Crippen LogP contribution in [-0.4, -0.2) is 30.2 Å². The molecule has 82 valence electrons. The fourth-order valence-corrected chi connectivity index (χ4v) is 0.801. The molecule has 0 atom stereocenters. The van der Waals surface area contributed by atoms with Gasteiger partial charge in [-0.15, -0.1) is 0 Å². The number of rotatable bonds is 6. The third-order valence-corrected chi connectivity index (χ3v) is 1.52. The highest BCUT2D eigenvalue weighted by Gasteiger charge is 2.01. The first kappa shape index (κ1) is 12.7. The van der Waals surface area contributed by atoms with E-state index in [-0.39, 0.29) is 12.5 Å². The van der Waals surface area contributed by atoms with Crippen molar-refractivity contribution in [1.29, 1.82) is 0 Å². The lowest BCUT2D eigenvalue weighted by atomic mass is 10.2. The lowest BCUT2D eigenvalue weighted by molar-refractivity contribution is -0.137. The summed E-state index contributed by atoms with van der Waals surface area (Å²) in [6, 6.07) is -0.232. The van der Waals surface area contributed by atoms with E-state index in [9.17, 15) is 9.59 Å². The van der Waals surface area contributed by atoms with Gasteiger partial charge in [-0.3, -0.25) is 4.79 Å². The number of urea groups is 1. The van der Waals surface area contributed by atoms with Gasteiger partial charge >= 0.3 is 12.0 Å². The maximum atomic E-state index is 11.0. The van der Waals surface area contributed by atoms with Crippen LogP contribution in [0, 0.1) is 5.92 Å². The van der Waals surface area contributed by atoms with Crippen molar-refractivity contribution in [2.45, 2.75) is 26.7 Å². The van der Waals surface area contributed by atoms with Crippen molar-refractivity contribution < 1.29 is 14.7 Å². The van der Waals surface area contributed by atoms with Crippen LogP contribution in [0.3, 0.4) is 0 Å². The van der Waals surface area contributed by atoms with Crippen molar-refractivity contribution in [2.24, 2.45) is 5.92 Å². The molecule has 0 saturated carbocycles. The summed E-state index contributed by atoms with van der Waals surface area (Å²) in [4.78, 5) is 21.2. The molecule has 0 spiro atoms. The highest BCUT2D eigenvalue weighted by atomic mass is 16.4.